The van der Waals surface area contributed by atoms with Gasteiger partial charge in [0.15, 0.2) is 0 Å². The van der Waals surface area contributed by atoms with Crippen LogP contribution >= 0.6 is 11.8 Å². The first-order chi connectivity index (χ1) is 4.43. The number of thioether (sulfide) groups is 1. The van der Waals surface area contributed by atoms with E-state index in [2.05, 4.69) is 24.4 Å². The summed E-state index contributed by atoms with van der Waals surface area (Å²) in [5.74, 6) is 2.39. The van der Waals surface area contributed by atoms with Gasteiger partial charge in [0.25, 0.3) is 0 Å². The average molecular weight is 143 g/mol. The maximum absolute atomic E-state index is 2.39. The van der Waals surface area contributed by atoms with Gasteiger partial charge in [0.2, 0.25) is 0 Å². The van der Waals surface area contributed by atoms with Gasteiger partial charge in [-0.2, -0.15) is 11.8 Å². The van der Waals surface area contributed by atoms with Crippen LogP contribution in [-0.4, -0.2) is 5.25 Å². The summed E-state index contributed by atoms with van der Waals surface area (Å²) in [4.78, 5) is 0. The number of hydrogen-bond acceptors (Lipinski definition) is 1. The molecule has 1 radical (unpaired) electrons. The van der Waals surface area contributed by atoms with E-state index in [1.54, 1.807) is 0 Å². The van der Waals surface area contributed by atoms with Gasteiger partial charge < -0.3 is 0 Å². The van der Waals surface area contributed by atoms with Crippen LogP contribution in [0.3, 0.4) is 0 Å². The van der Waals surface area contributed by atoms with Crippen LogP contribution in [0, 0.1) is 5.75 Å². The fourth-order valence-corrected chi connectivity index (χ4v) is 1.68. The van der Waals surface area contributed by atoms with Gasteiger partial charge in [0, 0.05) is 11.0 Å². The minimum atomic E-state index is 1.02. The molecule has 0 N–H and O–H groups in total. The third kappa shape index (κ3) is 3.85. The molecule has 0 spiro atoms. The Morgan fingerprint density at radius 3 is 2.89 bits per heavy atom. The molecule has 1 saturated carbocycles. The molecule has 1 rings (SSSR count). The van der Waals surface area contributed by atoms with Gasteiger partial charge in [-0.1, -0.05) is 19.8 Å². The zero-order valence-electron chi connectivity index (χ0n) is 6.10. The molecule has 0 atom stereocenters. The maximum atomic E-state index is 2.39. The molecule has 1 fully saturated rings. The predicted octanol–water partition coefficient (Wildman–Crippen LogP) is 3.23. The molecule has 1 aliphatic carbocycles. The van der Waals surface area contributed by atoms with Crippen molar-refractivity contribution in [2.75, 3.05) is 0 Å². The third-order valence-corrected chi connectivity index (χ3v) is 2.77. The van der Waals surface area contributed by atoms with Crippen LogP contribution in [0.2, 0.25) is 0 Å². The van der Waals surface area contributed by atoms with Crippen molar-refractivity contribution in [2.24, 2.45) is 0 Å². The van der Waals surface area contributed by atoms with Crippen LogP contribution in [0.25, 0.3) is 0 Å². The number of unbranched alkanes of at least 4 members (excludes halogenated alkanes) is 2. The first-order valence-electron chi connectivity index (χ1n) is 3.90. The lowest BCUT2D eigenvalue weighted by atomic mass is 10.3. The summed E-state index contributed by atoms with van der Waals surface area (Å²) in [5.41, 5.74) is 0. The van der Waals surface area contributed by atoms with Gasteiger partial charge in [-0.3, -0.25) is 0 Å². The number of hydrogen-bond donors (Lipinski definition) is 0. The van der Waals surface area contributed by atoms with Crippen LogP contribution in [0.1, 0.15) is 39.0 Å². The zero-order chi connectivity index (χ0) is 6.53. The average Bonchev–Trinajstić information content (AvgIpc) is 2.63. The number of rotatable bonds is 5. The van der Waals surface area contributed by atoms with Gasteiger partial charge in [-0.25, -0.2) is 0 Å². The fraction of sp³-hybridized carbons (Fsp3) is 0.875. The summed E-state index contributed by atoms with van der Waals surface area (Å²) < 4.78 is 0. The van der Waals surface area contributed by atoms with E-state index >= 15 is 0 Å². The van der Waals surface area contributed by atoms with E-state index in [4.69, 9.17) is 0 Å². The zero-order valence-corrected chi connectivity index (χ0v) is 6.91. The minimum Gasteiger partial charge on any atom is -0.154 e. The molecule has 53 valence electrons. The Morgan fingerprint density at radius 2 is 2.33 bits per heavy atom. The van der Waals surface area contributed by atoms with Crippen molar-refractivity contribution >= 4 is 11.8 Å². The van der Waals surface area contributed by atoms with E-state index < -0.39 is 0 Å². The second-order valence-electron chi connectivity index (χ2n) is 2.64. The Balaban J connectivity index is 1.71. The molecule has 1 heteroatoms. The Labute approximate surface area is 62.4 Å². The lowest BCUT2D eigenvalue weighted by molar-refractivity contribution is 0.806. The molecule has 0 aromatic carbocycles. The lowest BCUT2D eigenvalue weighted by Crippen LogP contribution is -1.74. The third-order valence-electron chi connectivity index (χ3n) is 1.49. The van der Waals surface area contributed by atoms with Crippen molar-refractivity contribution in [1.82, 2.24) is 0 Å². The summed E-state index contributed by atoms with van der Waals surface area (Å²) in [5, 5.41) is 1.02. The molecule has 0 aromatic rings. The highest BCUT2D eigenvalue weighted by Crippen LogP contribution is 2.36. The highest BCUT2D eigenvalue weighted by molar-refractivity contribution is 8.02. The van der Waals surface area contributed by atoms with E-state index in [9.17, 15) is 0 Å². The Bertz CT molecular complexity index is 67.0. The normalized spacial score (nSPS) is 18.3. The molecule has 0 amide bonds. The standard InChI is InChI=1S/C8H15S/c1-2-3-4-7-9-8-5-6-8/h7-8H,2-6H2,1H3. The van der Waals surface area contributed by atoms with Crippen molar-refractivity contribution < 1.29 is 0 Å². The summed E-state index contributed by atoms with van der Waals surface area (Å²) >= 11 is 2.06. The van der Waals surface area contributed by atoms with Crippen LogP contribution in [0.15, 0.2) is 0 Å². The second kappa shape index (κ2) is 4.21. The lowest BCUT2D eigenvalue weighted by Gasteiger charge is -1.94. The molecule has 0 aromatic heterocycles. The molecule has 0 saturated heterocycles. The quantitative estimate of drug-likeness (QED) is 0.532. The van der Waals surface area contributed by atoms with Crippen LogP contribution in [0.5, 0.6) is 0 Å². The topological polar surface area (TPSA) is 0 Å². The van der Waals surface area contributed by atoms with E-state index in [1.807, 2.05) is 0 Å². The van der Waals surface area contributed by atoms with Crippen molar-refractivity contribution in [3.05, 3.63) is 5.75 Å². The molecule has 0 bridgehead atoms. The summed E-state index contributed by atoms with van der Waals surface area (Å²) in [7, 11) is 0. The Morgan fingerprint density at radius 1 is 1.56 bits per heavy atom. The van der Waals surface area contributed by atoms with Gasteiger partial charge in [-0.15, -0.1) is 0 Å². The molecule has 0 heterocycles. The minimum absolute atomic E-state index is 1.02. The van der Waals surface area contributed by atoms with Crippen molar-refractivity contribution in [2.45, 2.75) is 44.3 Å². The van der Waals surface area contributed by atoms with Gasteiger partial charge in [-0.05, 0) is 19.3 Å². The molecule has 0 aliphatic heterocycles. The van der Waals surface area contributed by atoms with E-state index in [1.165, 1.54) is 32.1 Å². The van der Waals surface area contributed by atoms with Crippen LogP contribution < -0.4 is 0 Å². The second-order valence-corrected chi connectivity index (χ2v) is 3.92. The van der Waals surface area contributed by atoms with Gasteiger partial charge >= 0.3 is 0 Å². The Hall–Kier alpha value is 0.350. The molecular formula is C8H15S. The first-order valence-corrected chi connectivity index (χ1v) is 4.85. The van der Waals surface area contributed by atoms with Crippen molar-refractivity contribution in [3.63, 3.8) is 0 Å². The fourth-order valence-electron chi connectivity index (χ4n) is 0.696. The predicted molar refractivity (Wildman–Crippen MR) is 44.4 cm³/mol. The Kier molecular flexibility index (Phi) is 3.49. The van der Waals surface area contributed by atoms with E-state index in [0.29, 0.717) is 0 Å². The molecule has 9 heavy (non-hydrogen) atoms. The van der Waals surface area contributed by atoms with Crippen molar-refractivity contribution in [3.8, 4) is 0 Å². The monoisotopic (exact) mass is 143 g/mol. The van der Waals surface area contributed by atoms with Crippen LogP contribution in [-0.2, 0) is 0 Å². The maximum Gasteiger partial charge on any atom is 0.0169 e. The SMILES string of the molecule is CCCC[CH]SC1CC1. The van der Waals surface area contributed by atoms with Crippen molar-refractivity contribution in [1.29, 1.82) is 0 Å². The largest absolute Gasteiger partial charge is 0.154 e. The smallest absolute Gasteiger partial charge is 0.0169 e. The van der Waals surface area contributed by atoms with Gasteiger partial charge in [0.05, 0.1) is 0 Å². The van der Waals surface area contributed by atoms with Crippen LogP contribution in [0.4, 0.5) is 0 Å². The summed E-state index contributed by atoms with van der Waals surface area (Å²) in [6.07, 6.45) is 6.96. The molecular weight excluding hydrogens is 128 g/mol. The van der Waals surface area contributed by atoms with Gasteiger partial charge in [0.1, 0.15) is 0 Å². The summed E-state index contributed by atoms with van der Waals surface area (Å²) in [6, 6.07) is 0. The van der Waals surface area contributed by atoms with E-state index in [0.717, 1.165) is 5.25 Å². The highest BCUT2D eigenvalue weighted by atomic mass is 32.2. The molecule has 0 unspecified atom stereocenters. The van der Waals surface area contributed by atoms with E-state index in [-0.39, 0.29) is 0 Å². The molecule has 1 aliphatic rings. The molecule has 0 nitrogen and oxygen atoms in total. The summed E-state index contributed by atoms with van der Waals surface area (Å²) in [6.45, 7) is 2.25. The highest BCUT2D eigenvalue weighted by Gasteiger charge is 2.20. The first kappa shape index (κ1) is 7.46.